The minimum atomic E-state index is -3.56. The first-order chi connectivity index (χ1) is 8.95. The van der Waals surface area contributed by atoms with E-state index < -0.39 is 10.0 Å². The maximum atomic E-state index is 12.5. The highest BCUT2D eigenvalue weighted by Gasteiger charge is 2.32. The van der Waals surface area contributed by atoms with E-state index in [9.17, 15) is 13.2 Å². The van der Waals surface area contributed by atoms with Gasteiger partial charge in [-0.25, -0.2) is 8.42 Å². The molecule has 1 N–H and O–H groups in total. The predicted molar refractivity (Wildman–Crippen MR) is 73.0 cm³/mol. The van der Waals surface area contributed by atoms with Crippen LogP contribution < -0.4 is 4.87 Å². The maximum Gasteiger partial charge on any atom is 0.305 e. The van der Waals surface area contributed by atoms with Gasteiger partial charge in [0.2, 0.25) is 0 Å². The Bertz CT molecular complexity index is 588. The largest absolute Gasteiger partial charge is 0.384 e. The second-order valence-corrected chi connectivity index (χ2v) is 7.87. The Morgan fingerprint density at radius 2 is 2.26 bits per heavy atom. The predicted octanol–water partition coefficient (Wildman–Crippen LogP) is 0.792. The highest BCUT2D eigenvalue weighted by molar-refractivity contribution is 7.91. The first kappa shape index (κ1) is 14.7. The molecule has 0 saturated carbocycles. The van der Waals surface area contributed by atoms with Gasteiger partial charge in [-0.1, -0.05) is 11.3 Å². The van der Waals surface area contributed by atoms with E-state index in [1.54, 1.807) is 14.0 Å². The van der Waals surface area contributed by atoms with Gasteiger partial charge in [0.25, 0.3) is 10.0 Å². The number of aromatic amines is 1. The molecule has 6 nitrogen and oxygen atoms in total. The molecule has 1 unspecified atom stereocenters. The standard InChI is InChI=1S/C11H18N2O4S2/c1-8-10(18-11(14)12-8)19(15,16)13-5-3-4-9(6-13)7-17-2/h9H,3-7H2,1-2H3,(H,12,14). The molecule has 1 fully saturated rings. The number of hydrogen-bond acceptors (Lipinski definition) is 5. The Morgan fingerprint density at radius 1 is 1.53 bits per heavy atom. The Labute approximate surface area is 116 Å². The van der Waals surface area contributed by atoms with Crippen LogP contribution in [0, 0.1) is 12.8 Å². The smallest absolute Gasteiger partial charge is 0.305 e. The molecule has 1 atom stereocenters. The van der Waals surface area contributed by atoms with Gasteiger partial charge in [-0.3, -0.25) is 4.79 Å². The van der Waals surface area contributed by atoms with Crippen LogP contribution >= 0.6 is 11.3 Å². The van der Waals surface area contributed by atoms with Crippen LogP contribution in [0.1, 0.15) is 18.5 Å². The summed E-state index contributed by atoms with van der Waals surface area (Å²) in [5, 5.41) is 0. The number of sulfonamides is 1. The minimum Gasteiger partial charge on any atom is -0.384 e. The molecule has 1 aliphatic rings. The topological polar surface area (TPSA) is 79.5 Å². The number of aromatic nitrogens is 1. The lowest BCUT2D eigenvalue weighted by Gasteiger charge is -2.31. The molecular weight excluding hydrogens is 288 g/mol. The molecule has 0 aromatic carbocycles. The zero-order valence-corrected chi connectivity index (χ0v) is 12.6. The lowest BCUT2D eigenvalue weighted by Crippen LogP contribution is -2.41. The Hall–Kier alpha value is -0.700. The van der Waals surface area contributed by atoms with Gasteiger partial charge in [0.1, 0.15) is 0 Å². The second kappa shape index (κ2) is 5.74. The van der Waals surface area contributed by atoms with E-state index in [0.717, 1.165) is 24.2 Å². The van der Waals surface area contributed by atoms with Crippen LogP contribution in [0.5, 0.6) is 0 Å². The van der Waals surface area contributed by atoms with Crippen LogP contribution in [0.15, 0.2) is 9.00 Å². The lowest BCUT2D eigenvalue weighted by molar-refractivity contribution is 0.118. The Kier molecular flexibility index (Phi) is 4.44. The number of nitrogens with zero attached hydrogens (tertiary/aromatic N) is 1. The van der Waals surface area contributed by atoms with Gasteiger partial charge in [-0.05, 0) is 25.7 Å². The Balaban J connectivity index is 2.24. The number of piperidine rings is 1. The molecule has 1 saturated heterocycles. The van der Waals surface area contributed by atoms with Crippen molar-refractivity contribution in [2.24, 2.45) is 5.92 Å². The van der Waals surface area contributed by atoms with Crippen molar-refractivity contribution in [3.63, 3.8) is 0 Å². The lowest BCUT2D eigenvalue weighted by atomic mass is 10.0. The van der Waals surface area contributed by atoms with E-state index >= 15 is 0 Å². The molecule has 0 spiro atoms. The van der Waals surface area contributed by atoms with Crippen LogP contribution in [0.2, 0.25) is 0 Å². The van der Waals surface area contributed by atoms with E-state index in [1.165, 1.54) is 4.31 Å². The summed E-state index contributed by atoms with van der Waals surface area (Å²) in [4.78, 5) is 13.5. The van der Waals surface area contributed by atoms with E-state index in [0.29, 0.717) is 25.4 Å². The van der Waals surface area contributed by atoms with Crippen molar-refractivity contribution in [3.05, 3.63) is 15.4 Å². The average molecular weight is 306 g/mol. The summed E-state index contributed by atoms with van der Waals surface area (Å²) in [5.41, 5.74) is 0.420. The van der Waals surface area contributed by atoms with E-state index in [1.807, 2.05) is 0 Å². The fourth-order valence-electron chi connectivity index (χ4n) is 2.37. The van der Waals surface area contributed by atoms with Crippen molar-refractivity contribution >= 4 is 21.4 Å². The second-order valence-electron chi connectivity index (χ2n) is 4.75. The SMILES string of the molecule is COCC1CCCN(S(=O)(=O)c2sc(=O)[nH]c2C)C1. The third-order valence-electron chi connectivity index (χ3n) is 3.24. The first-order valence-corrected chi connectivity index (χ1v) is 8.39. The van der Waals surface area contributed by atoms with Gasteiger partial charge in [-0.2, -0.15) is 4.31 Å². The number of hydrogen-bond donors (Lipinski definition) is 1. The number of thiazole rings is 1. The molecule has 1 aliphatic heterocycles. The fourth-order valence-corrected chi connectivity index (χ4v) is 5.36. The minimum absolute atomic E-state index is 0.135. The molecular formula is C11H18N2O4S2. The first-order valence-electron chi connectivity index (χ1n) is 6.14. The molecule has 2 heterocycles. The number of nitrogens with one attached hydrogen (secondary N) is 1. The van der Waals surface area contributed by atoms with Gasteiger partial charge < -0.3 is 9.72 Å². The monoisotopic (exact) mass is 306 g/mol. The highest BCUT2D eigenvalue weighted by Crippen LogP contribution is 2.26. The third kappa shape index (κ3) is 3.07. The van der Waals surface area contributed by atoms with Gasteiger partial charge >= 0.3 is 4.87 Å². The maximum absolute atomic E-state index is 12.5. The van der Waals surface area contributed by atoms with E-state index in [-0.39, 0.29) is 15.0 Å². The number of rotatable bonds is 4. The zero-order chi connectivity index (χ0) is 14.0. The normalized spacial score (nSPS) is 21.7. The molecule has 0 aliphatic carbocycles. The average Bonchev–Trinajstić information content (AvgIpc) is 2.70. The number of methoxy groups -OCH3 is 1. The van der Waals surface area contributed by atoms with Crippen LogP contribution in [0.3, 0.4) is 0 Å². The number of H-pyrrole nitrogens is 1. The summed E-state index contributed by atoms with van der Waals surface area (Å²) in [7, 11) is -1.94. The molecule has 8 heteroatoms. The third-order valence-corrected chi connectivity index (χ3v) is 6.69. The summed E-state index contributed by atoms with van der Waals surface area (Å²) in [5.74, 6) is 0.226. The van der Waals surface area contributed by atoms with Gasteiger partial charge in [0, 0.05) is 25.9 Å². The summed E-state index contributed by atoms with van der Waals surface area (Å²) >= 11 is 0.758. The molecule has 0 amide bonds. The van der Waals surface area contributed by atoms with E-state index in [4.69, 9.17) is 4.74 Å². The van der Waals surface area contributed by atoms with Crippen LogP contribution in [-0.4, -0.2) is 44.5 Å². The fraction of sp³-hybridized carbons (Fsp3) is 0.727. The van der Waals surface area contributed by atoms with E-state index in [2.05, 4.69) is 4.98 Å². The summed E-state index contributed by atoms with van der Waals surface area (Å²) < 4.78 is 31.7. The van der Waals surface area contributed by atoms with Crippen LogP contribution in [-0.2, 0) is 14.8 Å². The molecule has 1 aromatic heterocycles. The van der Waals surface area contributed by atoms with Crippen molar-refractivity contribution in [3.8, 4) is 0 Å². The van der Waals surface area contributed by atoms with Gasteiger partial charge in [-0.15, -0.1) is 0 Å². The molecule has 0 bridgehead atoms. The summed E-state index contributed by atoms with van der Waals surface area (Å²) in [6.07, 6.45) is 1.80. The molecule has 19 heavy (non-hydrogen) atoms. The summed E-state index contributed by atoms with van der Waals surface area (Å²) in [6.45, 7) is 3.14. The zero-order valence-electron chi connectivity index (χ0n) is 11.0. The molecule has 2 rings (SSSR count). The molecule has 108 valence electrons. The molecule has 1 aromatic rings. The van der Waals surface area contributed by atoms with Crippen molar-refractivity contribution in [1.29, 1.82) is 0 Å². The van der Waals surface area contributed by atoms with Crippen molar-refractivity contribution in [2.75, 3.05) is 26.8 Å². The van der Waals surface area contributed by atoms with Crippen LogP contribution in [0.4, 0.5) is 0 Å². The van der Waals surface area contributed by atoms with Gasteiger partial charge in [0.05, 0.1) is 6.61 Å². The van der Waals surface area contributed by atoms with Gasteiger partial charge in [0.15, 0.2) is 4.21 Å². The molecule has 0 radical (unpaired) electrons. The number of aryl methyl sites for hydroxylation is 1. The Morgan fingerprint density at radius 3 is 2.84 bits per heavy atom. The quantitative estimate of drug-likeness (QED) is 0.892. The highest BCUT2D eigenvalue weighted by atomic mass is 32.2. The number of ether oxygens (including phenoxy) is 1. The van der Waals surface area contributed by atoms with Crippen molar-refractivity contribution < 1.29 is 13.2 Å². The van der Waals surface area contributed by atoms with Crippen molar-refractivity contribution in [2.45, 2.75) is 24.0 Å². The van der Waals surface area contributed by atoms with Crippen LogP contribution in [0.25, 0.3) is 0 Å². The summed E-state index contributed by atoms with van der Waals surface area (Å²) in [6, 6.07) is 0. The van der Waals surface area contributed by atoms with Crippen molar-refractivity contribution in [1.82, 2.24) is 9.29 Å².